The van der Waals surface area contributed by atoms with Crippen molar-refractivity contribution < 1.29 is 14.1 Å². The molecule has 4 rings (SSSR count). The Morgan fingerprint density at radius 2 is 1.87 bits per heavy atom. The molecule has 156 valence electrons. The van der Waals surface area contributed by atoms with Crippen molar-refractivity contribution >= 4 is 23.2 Å². The topological polar surface area (TPSA) is 91.6 Å². The van der Waals surface area contributed by atoms with Gasteiger partial charge in [-0.2, -0.15) is 4.98 Å². The fourth-order valence-electron chi connectivity index (χ4n) is 3.30. The molecule has 3 heterocycles. The van der Waals surface area contributed by atoms with Crippen LogP contribution in [0.25, 0.3) is 10.7 Å². The summed E-state index contributed by atoms with van der Waals surface area (Å²) < 4.78 is 5.36. The van der Waals surface area contributed by atoms with E-state index in [0.717, 1.165) is 18.0 Å². The molecule has 1 fully saturated rings. The maximum Gasteiger partial charge on any atom is 0.251 e. The molecule has 0 bridgehead atoms. The van der Waals surface area contributed by atoms with E-state index < -0.39 is 0 Å². The number of rotatable bonds is 7. The summed E-state index contributed by atoms with van der Waals surface area (Å²) in [6.45, 7) is 3.71. The minimum atomic E-state index is -0.158. The average Bonchev–Trinajstić information content (AvgIpc) is 3.47. The second-order valence-electron chi connectivity index (χ2n) is 7.02. The van der Waals surface area contributed by atoms with Crippen LogP contribution < -0.4 is 5.32 Å². The molecule has 30 heavy (non-hydrogen) atoms. The van der Waals surface area contributed by atoms with Crippen molar-refractivity contribution in [2.45, 2.75) is 13.0 Å². The number of nitrogens with zero attached hydrogens (tertiary/aromatic N) is 4. The van der Waals surface area contributed by atoms with E-state index in [1.165, 1.54) is 0 Å². The van der Waals surface area contributed by atoms with Crippen LogP contribution in [0.2, 0.25) is 0 Å². The van der Waals surface area contributed by atoms with E-state index in [1.54, 1.807) is 23.5 Å². The zero-order chi connectivity index (χ0) is 20.8. The molecule has 1 aromatic carbocycles. The van der Waals surface area contributed by atoms with Crippen molar-refractivity contribution in [3.05, 3.63) is 59.3 Å². The van der Waals surface area contributed by atoms with Crippen LogP contribution in [0.4, 0.5) is 0 Å². The largest absolute Gasteiger partial charge is 0.352 e. The van der Waals surface area contributed by atoms with Gasteiger partial charge in [0.1, 0.15) is 0 Å². The first kappa shape index (κ1) is 20.2. The van der Waals surface area contributed by atoms with Crippen molar-refractivity contribution in [1.82, 2.24) is 25.3 Å². The molecule has 0 radical (unpaired) electrons. The molecule has 0 atom stereocenters. The fourth-order valence-corrected chi connectivity index (χ4v) is 3.95. The normalized spacial score (nSPS) is 14.6. The molecule has 0 spiro atoms. The zero-order valence-corrected chi connectivity index (χ0v) is 17.3. The van der Waals surface area contributed by atoms with E-state index in [4.69, 9.17) is 4.52 Å². The van der Waals surface area contributed by atoms with E-state index >= 15 is 0 Å². The lowest BCUT2D eigenvalue weighted by Gasteiger charge is -2.34. The second-order valence-corrected chi connectivity index (χ2v) is 7.97. The van der Waals surface area contributed by atoms with Crippen LogP contribution in [0.3, 0.4) is 0 Å². The molecule has 2 amide bonds. The average molecular weight is 426 g/mol. The molecule has 1 saturated heterocycles. The number of benzene rings is 1. The van der Waals surface area contributed by atoms with E-state index in [1.807, 2.05) is 40.6 Å². The highest BCUT2D eigenvalue weighted by atomic mass is 32.1. The van der Waals surface area contributed by atoms with Crippen LogP contribution in [0.5, 0.6) is 0 Å². The Morgan fingerprint density at radius 3 is 2.60 bits per heavy atom. The molecule has 1 aliphatic heterocycles. The minimum Gasteiger partial charge on any atom is -0.352 e. The number of hydrogen-bond donors (Lipinski definition) is 1. The SMILES string of the molecule is O=C(NCCC(=O)N1CCN(Cc2nc(-c3cccs3)no2)CC1)c1ccccc1. The van der Waals surface area contributed by atoms with Crippen LogP contribution in [0, 0.1) is 0 Å². The smallest absolute Gasteiger partial charge is 0.251 e. The molecule has 9 heteroatoms. The van der Waals surface area contributed by atoms with Gasteiger partial charge in [0.15, 0.2) is 0 Å². The molecule has 8 nitrogen and oxygen atoms in total. The quantitative estimate of drug-likeness (QED) is 0.624. The fraction of sp³-hybridized carbons (Fsp3) is 0.333. The van der Waals surface area contributed by atoms with Gasteiger partial charge in [0.2, 0.25) is 17.6 Å². The molecule has 0 unspecified atom stereocenters. The Labute approximate surface area is 178 Å². The summed E-state index contributed by atoms with van der Waals surface area (Å²) in [7, 11) is 0. The Morgan fingerprint density at radius 1 is 1.07 bits per heavy atom. The van der Waals surface area contributed by atoms with Crippen LogP contribution in [0.15, 0.2) is 52.4 Å². The van der Waals surface area contributed by atoms with Gasteiger partial charge in [0, 0.05) is 44.7 Å². The molecule has 1 N–H and O–H groups in total. The number of nitrogens with one attached hydrogen (secondary N) is 1. The monoisotopic (exact) mass is 425 g/mol. The van der Waals surface area contributed by atoms with E-state index in [0.29, 0.717) is 49.9 Å². The second kappa shape index (κ2) is 9.64. The molecule has 3 aromatic rings. The highest BCUT2D eigenvalue weighted by Crippen LogP contribution is 2.21. The van der Waals surface area contributed by atoms with Crippen molar-refractivity contribution in [3.63, 3.8) is 0 Å². The van der Waals surface area contributed by atoms with Crippen LogP contribution >= 0.6 is 11.3 Å². The third-order valence-electron chi connectivity index (χ3n) is 4.95. The first-order chi connectivity index (χ1) is 14.7. The van der Waals surface area contributed by atoms with Crippen molar-refractivity contribution in [2.75, 3.05) is 32.7 Å². The Kier molecular flexibility index (Phi) is 6.50. The maximum atomic E-state index is 12.4. The Balaban J connectivity index is 1.18. The number of amides is 2. The summed E-state index contributed by atoms with van der Waals surface area (Å²) in [4.78, 5) is 33.9. The summed E-state index contributed by atoms with van der Waals surface area (Å²) in [6.07, 6.45) is 0.298. The van der Waals surface area contributed by atoms with Crippen LogP contribution in [-0.2, 0) is 11.3 Å². The molecule has 0 aliphatic carbocycles. The number of carbonyl (C=O) groups excluding carboxylic acids is 2. The van der Waals surface area contributed by atoms with Gasteiger partial charge in [-0.05, 0) is 23.6 Å². The molecular formula is C21H23N5O3S. The van der Waals surface area contributed by atoms with Gasteiger partial charge in [-0.1, -0.05) is 29.4 Å². The van der Waals surface area contributed by atoms with E-state index in [2.05, 4.69) is 20.4 Å². The van der Waals surface area contributed by atoms with Crippen LogP contribution in [0.1, 0.15) is 22.7 Å². The van der Waals surface area contributed by atoms with Gasteiger partial charge in [-0.15, -0.1) is 11.3 Å². The first-order valence-electron chi connectivity index (χ1n) is 9.89. The zero-order valence-electron chi connectivity index (χ0n) is 16.5. The molecule has 1 aliphatic rings. The number of carbonyl (C=O) groups is 2. The van der Waals surface area contributed by atoms with Gasteiger partial charge in [0.05, 0.1) is 11.4 Å². The summed E-state index contributed by atoms with van der Waals surface area (Å²) >= 11 is 1.58. The number of piperazine rings is 1. The van der Waals surface area contributed by atoms with E-state index in [9.17, 15) is 9.59 Å². The predicted octanol–water partition coefficient (Wildman–Crippen LogP) is 2.26. The lowest BCUT2D eigenvalue weighted by Crippen LogP contribution is -2.48. The van der Waals surface area contributed by atoms with Gasteiger partial charge < -0.3 is 14.7 Å². The number of aromatic nitrogens is 2. The van der Waals surface area contributed by atoms with E-state index in [-0.39, 0.29) is 11.8 Å². The molecule has 2 aromatic heterocycles. The Bertz CT molecular complexity index is 966. The highest BCUT2D eigenvalue weighted by molar-refractivity contribution is 7.13. The van der Waals surface area contributed by atoms with Crippen molar-refractivity contribution in [1.29, 1.82) is 0 Å². The maximum absolute atomic E-state index is 12.4. The summed E-state index contributed by atoms with van der Waals surface area (Å²) in [6, 6.07) is 12.9. The summed E-state index contributed by atoms with van der Waals surface area (Å²) in [5, 5.41) is 8.82. The number of thiophene rings is 1. The third-order valence-corrected chi connectivity index (χ3v) is 5.82. The lowest BCUT2D eigenvalue weighted by atomic mass is 10.2. The van der Waals surface area contributed by atoms with Gasteiger partial charge in [-0.25, -0.2) is 0 Å². The number of hydrogen-bond acceptors (Lipinski definition) is 7. The summed E-state index contributed by atoms with van der Waals surface area (Å²) in [5.74, 6) is 1.10. The van der Waals surface area contributed by atoms with Gasteiger partial charge in [-0.3, -0.25) is 14.5 Å². The van der Waals surface area contributed by atoms with Crippen molar-refractivity contribution in [3.8, 4) is 10.7 Å². The molecule has 0 saturated carbocycles. The Hall–Kier alpha value is -3.04. The highest BCUT2D eigenvalue weighted by Gasteiger charge is 2.22. The van der Waals surface area contributed by atoms with Crippen LogP contribution in [-0.4, -0.2) is 64.5 Å². The summed E-state index contributed by atoms with van der Waals surface area (Å²) in [5.41, 5.74) is 0.599. The lowest BCUT2D eigenvalue weighted by molar-refractivity contribution is -0.132. The minimum absolute atomic E-state index is 0.0563. The standard InChI is InChI=1S/C21H23N5O3S/c27-19(8-9-22-21(28)16-5-2-1-3-6-16)26-12-10-25(11-13-26)15-18-23-20(24-29-18)17-7-4-14-30-17/h1-7,14H,8-13,15H2,(H,22,28). The predicted molar refractivity (Wildman–Crippen MR) is 113 cm³/mol. The van der Waals surface area contributed by atoms with Gasteiger partial charge >= 0.3 is 0 Å². The molecular weight excluding hydrogens is 402 g/mol. The first-order valence-corrected chi connectivity index (χ1v) is 10.8. The third kappa shape index (κ3) is 5.11. The van der Waals surface area contributed by atoms with Gasteiger partial charge in [0.25, 0.3) is 5.91 Å². The van der Waals surface area contributed by atoms with Crippen molar-refractivity contribution in [2.24, 2.45) is 0 Å².